The summed E-state index contributed by atoms with van der Waals surface area (Å²) < 4.78 is 18.3. The number of pyridine rings is 1. The van der Waals surface area contributed by atoms with Gasteiger partial charge in [-0.3, -0.25) is 9.30 Å². The Hall–Kier alpha value is -4.19. The second kappa shape index (κ2) is 11.8. The minimum atomic E-state index is 0.455. The van der Waals surface area contributed by atoms with Gasteiger partial charge in [-0.2, -0.15) is 4.98 Å². The fourth-order valence-corrected chi connectivity index (χ4v) is 6.37. The number of hydrogen-bond donors (Lipinski definition) is 1. The number of benzene rings is 2. The maximum atomic E-state index is 6.72. The van der Waals surface area contributed by atoms with Gasteiger partial charge in [0.05, 0.1) is 32.5 Å². The molecule has 43 heavy (non-hydrogen) atoms. The third-order valence-electron chi connectivity index (χ3n) is 8.39. The van der Waals surface area contributed by atoms with Crippen LogP contribution in [0.5, 0.6) is 11.5 Å². The van der Waals surface area contributed by atoms with E-state index >= 15 is 0 Å². The molecule has 2 aromatic carbocycles. The Bertz CT molecular complexity index is 1750. The Morgan fingerprint density at radius 1 is 0.930 bits per heavy atom. The van der Waals surface area contributed by atoms with E-state index in [1.54, 1.807) is 32.8 Å². The first-order valence-electron chi connectivity index (χ1n) is 14.5. The maximum Gasteiger partial charge on any atom is 0.229 e. The molecular formula is C31H33ClN8O3. The van der Waals surface area contributed by atoms with Crippen molar-refractivity contribution in [2.45, 2.75) is 18.9 Å². The van der Waals surface area contributed by atoms with E-state index in [9.17, 15) is 0 Å². The molecule has 2 saturated heterocycles. The van der Waals surface area contributed by atoms with Gasteiger partial charge in [0, 0.05) is 72.4 Å². The van der Waals surface area contributed by atoms with Gasteiger partial charge in [0.15, 0.2) is 11.3 Å². The van der Waals surface area contributed by atoms with Gasteiger partial charge >= 0.3 is 0 Å². The SMILES string of the molecule is COc1cc(OC)c(Cl)c(-c2cc3cnc(Nc4ccc(N5CCC(N6CCOCC6)CC5)cc4)nc3n3cnnc23)c1. The lowest BCUT2D eigenvalue weighted by Gasteiger charge is -2.40. The van der Waals surface area contributed by atoms with Gasteiger partial charge in [-0.25, -0.2) is 4.98 Å². The van der Waals surface area contributed by atoms with Crippen molar-refractivity contribution in [3.05, 3.63) is 60.0 Å². The van der Waals surface area contributed by atoms with E-state index in [1.165, 1.54) is 18.5 Å². The van der Waals surface area contributed by atoms with Gasteiger partial charge in [-0.05, 0) is 49.2 Å². The standard InChI is InChI=1S/C31H33ClN8O3/c1-41-24-16-25(28(32)27(17-24)42-2)26-15-20-18-33-31(36-29(20)40-19-34-37-30(26)40)35-21-3-5-22(6-4-21)38-9-7-23(8-10-38)39-11-13-43-14-12-39/h3-6,15-19,23H,7-14H2,1-2H3,(H,33,35,36). The first kappa shape index (κ1) is 27.6. The predicted octanol–water partition coefficient (Wildman–Crippen LogP) is 5.05. The topological polar surface area (TPSA) is 102 Å². The number of nitrogens with one attached hydrogen (secondary N) is 1. The van der Waals surface area contributed by atoms with Crippen LogP contribution >= 0.6 is 11.6 Å². The molecule has 1 N–H and O–H groups in total. The molecule has 12 heteroatoms. The Labute approximate surface area is 254 Å². The van der Waals surface area contributed by atoms with Crippen LogP contribution in [0.15, 0.2) is 55.0 Å². The first-order chi connectivity index (χ1) is 21.1. The van der Waals surface area contributed by atoms with Crippen molar-refractivity contribution in [2.24, 2.45) is 0 Å². The van der Waals surface area contributed by atoms with Crippen LogP contribution in [-0.2, 0) is 4.74 Å². The summed E-state index contributed by atoms with van der Waals surface area (Å²) in [5.74, 6) is 1.61. The number of aromatic nitrogens is 5. The van der Waals surface area contributed by atoms with Gasteiger partial charge in [0.1, 0.15) is 17.8 Å². The molecule has 0 saturated carbocycles. The molecule has 0 radical (unpaired) electrons. The predicted molar refractivity (Wildman–Crippen MR) is 167 cm³/mol. The summed E-state index contributed by atoms with van der Waals surface area (Å²) in [5.41, 5.74) is 4.91. The van der Waals surface area contributed by atoms with E-state index in [2.05, 4.69) is 54.6 Å². The smallest absolute Gasteiger partial charge is 0.229 e. The molecule has 3 aromatic heterocycles. The molecule has 0 spiro atoms. The van der Waals surface area contributed by atoms with Crippen LogP contribution in [0.3, 0.4) is 0 Å². The van der Waals surface area contributed by atoms with Crippen molar-refractivity contribution < 1.29 is 14.2 Å². The van der Waals surface area contributed by atoms with Gasteiger partial charge in [-0.1, -0.05) is 11.6 Å². The van der Waals surface area contributed by atoms with Crippen LogP contribution in [0.4, 0.5) is 17.3 Å². The van der Waals surface area contributed by atoms with Crippen molar-refractivity contribution >= 4 is 45.6 Å². The van der Waals surface area contributed by atoms with Gasteiger partial charge < -0.3 is 24.4 Å². The molecule has 7 rings (SSSR count). The summed E-state index contributed by atoms with van der Waals surface area (Å²) in [5, 5.41) is 13.2. The van der Waals surface area contributed by atoms with Crippen molar-refractivity contribution in [2.75, 3.05) is 63.8 Å². The monoisotopic (exact) mass is 600 g/mol. The van der Waals surface area contributed by atoms with Crippen LogP contribution in [0.25, 0.3) is 27.8 Å². The largest absolute Gasteiger partial charge is 0.497 e. The van der Waals surface area contributed by atoms with E-state index in [0.717, 1.165) is 56.0 Å². The van der Waals surface area contributed by atoms with Crippen LogP contribution in [-0.4, -0.2) is 89.1 Å². The lowest BCUT2D eigenvalue weighted by Crippen LogP contribution is -2.49. The molecule has 0 aliphatic carbocycles. The highest BCUT2D eigenvalue weighted by molar-refractivity contribution is 6.35. The highest BCUT2D eigenvalue weighted by atomic mass is 35.5. The molecule has 11 nitrogen and oxygen atoms in total. The summed E-state index contributed by atoms with van der Waals surface area (Å²) in [6, 6.07) is 14.7. The van der Waals surface area contributed by atoms with Crippen molar-refractivity contribution in [1.29, 1.82) is 0 Å². The molecule has 222 valence electrons. The van der Waals surface area contributed by atoms with Crippen molar-refractivity contribution in [1.82, 2.24) is 29.5 Å². The fraction of sp³-hybridized carbons (Fsp3) is 0.355. The molecule has 0 atom stereocenters. The molecule has 5 heterocycles. The number of ether oxygens (including phenoxy) is 3. The third kappa shape index (κ3) is 5.39. The lowest BCUT2D eigenvalue weighted by molar-refractivity contribution is 0.0115. The second-order valence-electron chi connectivity index (χ2n) is 10.8. The average Bonchev–Trinajstić information content (AvgIpc) is 3.56. The summed E-state index contributed by atoms with van der Waals surface area (Å²) in [6.07, 6.45) is 5.79. The molecule has 0 unspecified atom stereocenters. The average molecular weight is 601 g/mol. The summed E-state index contributed by atoms with van der Waals surface area (Å²) in [7, 11) is 3.17. The first-order valence-corrected chi connectivity index (χ1v) is 14.8. The number of piperidine rings is 1. The van der Waals surface area contributed by atoms with Gasteiger partial charge in [0.25, 0.3) is 0 Å². The Morgan fingerprint density at radius 3 is 2.47 bits per heavy atom. The molecular weight excluding hydrogens is 568 g/mol. The number of halogens is 1. The van der Waals surface area contributed by atoms with Gasteiger partial charge in [-0.15, -0.1) is 10.2 Å². The number of morpholine rings is 1. The highest BCUT2D eigenvalue weighted by Gasteiger charge is 2.26. The van der Waals surface area contributed by atoms with E-state index in [0.29, 0.717) is 45.4 Å². The van der Waals surface area contributed by atoms with Gasteiger partial charge in [0.2, 0.25) is 5.95 Å². The van der Waals surface area contributed by atoms with E-state index in [-0.39, 0.29) is 0 Å². The Balaban J connectivity index is 1.11. The van der Waals surface area contributed by atoms with Crippen LogP contribution in [0.2, 0.25) is 5.02 Å². The molecule has 0 bridgehead atoms. The zero-order chi connectivity index (χ0) is 29.3. The van der Waals surface area contributed by atoms with E-state index < -0.39 is 0 Å². The minimum absolute atomic E-state index is 0.455. The molecule has 2 aliphatic heterocycles. The number of anilines is 3. The fourth-order valence-electron chi connectivity index (χ4n) is 6.08. The molecule has 5 aromatic rings. The third-order valence-corrected chi connectivity index (χ3v) is 8.78. The normalized spacial score (nSPS) is 16.6. The number of methoxy groups -OCH3 is 2. The summed E-state index contributed by atoms with van der Waals surface area (Å²) in [6.45, 7) is 5.94. The second-order valence-corrected chi connectivity index (χ2v) is 11.2. The Morgan fingerprint density at radius 2 is 1.72 bits per heavy atom. The maximum absolute atomic E-state index is 6.72. The van der Waals surface area contributed by atoms with Crippen LogP contribution in [0.1, 0.15) is 12.8 Å². The number of nitrogens with zero attached hydrogens (tertiary/aromatic N) is 7. The van der Waals surface area contributed by atoms with Crippen molar-refractivity contribution in [3.8, 4) is 22.6 Å². The number of fused-ring (bicyclic) bond motifs is 3. The quantitative estimate of drug-likeness (QED) is 0.273. The minimum Gasteiger partial charge on any atom is -0.497 e. The van der Waals surface area contributed by atoms with Crippen LogP contribution < -0.4 is 19.7 Å². The number of hydrogen-bond acceptors (Lipinski definition) is 10. The van der Waals surface area contributed by atoms with E-state index in [4.69, 9.17) is 30.8 Å². The number of rotatable bonds is 7. The lowest BCUT2D eigenvalue weighted by atomic mass is 10.0. The summed E-state index contributed by atoms with van der Waals surface area (Å²) in [4.78, 5) is 14.5. The zero-order valence-electron chi connectivity index (χ0n) is 24.2. The molecule has 2 aliphatic rings. The summed E-state index contributed by atoms with van der Waals surface area (Å²) >= 11 is 6.72. The molecule has 0 amide bonds. The molecule has 2 fully saturated rings. The van der Waals surface area contributed by atoms with Crippen LogP contribution in [0, 0.1) is 0 Å². The van der Waals surface area contributed by atoms with Crippen molar-refractivity contribution in [3.63, 3.8) is 0 Å². The Kier molecular flexibility index (Phi) is 7.60. The van der Waals surface area contributed by atoms with E-state index in [1.807, 2.05) is 16.5 Å². The highest BCUT2D eigenvalue weighted by Crippen LogP contribution is 2.41. The zero-order valence-corrected chi connectivity index (χ0v) is 24.9.